The molecule has 1 heterocycles. The minimum atomic E-state index is -0.334. The van der Waals surface area contributed by atoms with Crippen LogP contribution in [0.4, 0.5) is 17.1 Å². The van der Waals surface area contributed by atoms with Gasteiger partial charge in [0, 0.05) is 17.1 Å². The van der Waals surface area contributed by atoms with Gasteiger partial charge in [0.05, 0.1) is 32.7 Å². The van der Waals surface area contributed by atoms with Gasteiger partial charge in [-0.3, -0.25) is 4.79 Å². The second kappa shape index (κ2) is 9.18. The average Bonchev–Trinajstić information content (AvgIpc) is 2.79. The summed E-state index contributed by atoms with van der Waals surface area (Å²) in [6.45, 7) is 9.93. The third-order valence-electron chi connectivity index (χ3n) is 6.00. The Kier molecular flexibility index (Phi) is 6.19. The highest BCUT2D eigenvalue weighted by Gasteiger charge is 2.19. The zero-order valence-corrected chi connectivity index (χ0v) is 17.8. The Balaban J connectivity index is 1.33. The van der Waals surface area contributed by atoms with Gasteiger partial charge in [0.15, 0.2) is 0 Å². The molecular formula is C25H31N4O+. The first-order valence-corrected chi connectivity index (χ1v) is 10.9. The van der Waals surface area contributed by atoms with E-state index in [0.29, 0.717) is 0 Å². The predicted octanol–water partition coefficient (Wildman–Crippen LogP) is 3.00. The number of hydrogen-bond donors (Lipinski definition) is 3. The Hall–Kier alpha value is -3.05. The Labute approximate surface area is 178 Å². The van der Waals surface area contributed by atoms with E-state index in [1.165, 1.54) is 30.7 Å². The number of piperazine rings is 1. The van der Waals surface area contributed by atoms with Crippen molar-refractivity contribution in [3.8, 4) is 0 Å². The smallest absolute Gasteiger partial charge is 0.246 e. The number of benzene rings is 3. The topological polar surface area (TPSA) is 48.8 Å². The van der Waals surface area contributed by atoms with Crippen molar-refractivity contribution in [3.63, 3.8) is 0 Å². The Morgan fingerprint density at radius 2 is 1.63 bits per heavy atom. The molecule has 0 spiro atoms. The van der Waals surface area contributed by atoms with E-state index in [4.69, 9.17) is 0 Å². The number of fused-ring (bicyclic) bond motifs is 1. The van der Waals surface area contributed by atoms with Crippen LogP contribution in [0.25, 0.3) is 10.8 Å². The SMILES string of the molecule is CC[NH+]1CCN(c2ccc(N[C@H](C)C(=O)Nc3ccc4ccccc4c3)cc2)CC1. The highest BCUT2D eigenvalue weighted by Crippen LogP contribution is 2.21. The van der Waals surface area contributed by atoms with Crippen LogP contribution < -0.4 is 20.4 Å². The minimum absolute atomic E-state index is 0.0481. The molecule has 0 radical (unpaired) electrons. The molecule has 0 unspecified atom stereocenters. The summed E-state index contributed by atoms with van der Waals surface area (Å²) in [6, 6.07) is 22.2. The molecule has 5 nitrogen and oxygen atoms in total. The van der Waals surface area contributed by atoms with E-state index >= 15 is 0 Å². The lowest BCUT2D eigenvalue weighted by Crippen LogP contribution is -3.14. The summed E-state index contributed by atoms with van der Waals surface area (Å²) in [6.07, 6.45) is 0. The number of carbonyl (C=O) groups is 1. The third kappa shape index (κ3) is 4.74. The molecule has 0 aliphatic carbocycles. The monoisotopic (exact) mass is 403 g/mol. The van der Waals surface area contributed by atoms with Gasteiger partial charge in [0.25, 0.3) is 0 Å². The maximum Gasteiger partial charge on any atom is 0.246 e. The molecule has 3 aromatic rings. The van der Waals surface area contributed by atoms with Gasteiger partial charge >= 0.3 is 0 Å². The van der Waals surface area contributed by atoms with Crippen LogP contribution in [0.15, 0.2) is 66.7 Å². The van der Waals surface area contributed by atoms with Crippen molar-refractivity contribution in [2.24, 2.45) is 0 Å². The zero-order chi connectivity index (χ0) is 20.9. The van der Waals surface area contributed by atoms with Crippen LogP contribution in [0.2, 0.25) is 0 Å². The molecule has 1 saturated heterocycles. The fourth-order valence-corrected chi connectivity index (χ4v) is 4.04. The molecule has 0 saturated carbocycles. The van der Waals surface area contributed by atoms with E-state index in [0.717, 1.165) is 29.9 Å². The van der Waals surface area contributed by atoms with E-state index < -0.39 is 0 Å². The van der Waals surface area contributed by atoms with Crippen molar-refractivity contribution in [2.75, 3.05) is 48.3 Å². The van der Waals surface area contributed by atoms with E-state index in [-0.39, 0.29) is 11.9 Å². The lowest BCUT2D eigenvalue weighted by Gasteiger charge is -2.33. The average molecular weight is 404 g/mol. The minimum Gasteiger partial charge on any atom is -0.374 e. The third-order valence-corrected chi connectivity index (χ3v) is 6.00. The van der Waals surface area contributed by atoms with Crippen molar-refractivity contribution >= 4 is 33.7 Å². The highest BCUT2D eigenvalue weighted by molar-refractivity contribution is 5.98. The maximum atomic E-state index is 12.6. The first kappa shape index (κ1) is 20.2. The van der Waals surface area contributed by atoms with Gasteiger partial charge in [-0.05, 0) is 61.0 Å². The summed E-state index contributed by atoms with van der Waals surface area (Å²) in [4.78, 5) is 16.8. The number of hydrogen-bond acceptors (Lipinski definition) is 3. The van der Waals surface area contributed by atoms with Gasteiger partial charge < -0.3 is 20.4 Å². The second-order valence-corrected chi connectivity index (χ2v) is 8.05. The summed E-state index contributed by atoms with van der Waals surface area (Å²) in [5, 5.41) is 8.61. The molecule has 0 bridgehead atoms. The Bertz CT molecular complexity index is 993. The molecule has 1 atom stereocenters. The Morgan fingerprint density at radius 1 is 0.967 bits per heavy atom. The number of anilines is 3. The number of likely N-dealkylation sites (N-methyl/N-ethyl adjacent to an activating group) is 1. The Morgan fingerprint density at radius 3 is 2.33 bits per heavy atom. The van der Waals surface area contributed by atoms with Crippen LogP contribution in [0.1, 0.15) is 13.8 Å². The lowest BCUT2D eigenvalue weighted by atomic mass is 10.1. The lowest BCUT2D eigenvalue weighted by molar-refractivity contribution is -0.898. The van der Waals surface area contributed by atoms with Crippen LogP contribution >= 0.6 is 0 Å². The van der Waals surface area contributed by atoms with Gasteiger partial charge in [-0.15, -0.1) is 0 Å². The number of rotatable bonds is 6. The normalized spacial score (nSPS) is 15.7. The van der Waals surface area contributed by atoms with Crippen molar-refractivity contribution in [2.45, 2.75) is 19.9 Å². The quantitative estimate of drug-likeness (QED) is 0.593. The van der Waals surface area contributed by atoms with Gasteiger partial charge in [0.2, 0.25) is 5.91 Å². The van der Waals surface area contributed by atoms with E-state index in [9.17, 15) is 4.79 Å². The van der Waals surface area contributed by atoms with Crippen LogP contribution in [-0.2, 0) is 4.79 Å². The van der Waals surface area contributed by atoms with E-state index in [1.54, 1.807) is 4.90 Å². The molecule has 30 heavy (non-hydrogen) atoms. The van der Waals surface area contributed by atoms with Crippen molar-refractivity contribution in [3.05, 3.63) is 66.7 Å². The number of nitrogens with one attached hydrogen (secondary N) is 3. The molecule has 156 valence electrons. The van der Waals surface area contributed by atoms with Gasteiger partial charge in [-0.25, -0.2) is 0 Å². The maximum absolute atomic E-state index is 12.6. The predicted molar refractivity (Wildman–Crippen MR) is 126 cm³/mol. The first-order valence-electron chi connectivity index (χ1n) is 10.9. The van der Waals surface area contributed by atoms with Gasteiger partial charge in [-0.1, -0.05) is 30.3 Å². The van der Waals surface area contributed by atoms with E-state index in [1.807, 2.05) is 37.3 Å². The number of nitrogens with zero attached hydrogens (tertiary/aromatic N) is 1. The fourth-order valence-electron chi connectivity index (χ4n) is 4.04. The zero-order valence-electron chi connectivity index (χ0n) is 17.8. The van der Waals surface area contributed by atoms with Crippen LogP contribution in [-0.4, -0.2) is 44.7 Å². The molecule has 1 amide bonds. The van der Waals surface area contributed by atoms with Crippen LogP contribution in [0, 0.1) is 0 Å². The summed E-state index contributed by atoms with van der Waals surface area (Å²) in [5.74, 6) is -0.0481. The summed E-state index contributed by atoms with van der Waals surface area (Å²) in [7, 11) is 0. The molecule has 1 aliphatic heterocycles. The summed E-state index contributed by atoms with van der Waals surface area (Å²) in [5.41, 5.74) is 3.03. The van der Waals surface area contributed by atoms with Crippen LogP contribution in [0.3, 0.4) is 0 Å². The molecule has 1 fully saturated rings. The molecule has 3 aromatic carbocycles. The van der Waals surface area contributed by atoms with Crippen LogP contribution in [0.5, 0.6) is 0 Å². The fraction of sp³-hybridized carbons (Fsp3) is 0.320. The number of quaternary nitrogens is 1. The number of carbonyl (C=O) groups excluding carboxylic acids is 1. The number of amides is 1. The summed E-state index contributed by atoms with van der Waals surface area (Å²) < 4.78 is 0. The van der Waals surface area contributed by atoms with Gasteiger partial charge in [0.1, 0.15) is 6.04 Å². The first-order chi connectivity index (χ1) is 14.6. The van der Waals surface area contributed by atoms with Crippen molar-refractivity contribution in [1.29, 1.82) is 0 Å². The largest absolute Gasteiger partial charge is 0.374 e. The standard InChI is InChI=1S/C25H30N4O/c1-3-28-14-16-29(17-15-28)24-12-10-22(11-13-24)26-19(2)25(30)27-23-9-8-20-6-4-5-7-21(20)18-23/h4-13,18-19,26H,3,14-17H2,1-2H3,(H,27,30)/p+1/t19-/m1/s1. The highest BCUT2D eigenvalue weighted by atomic mass is 16.2. The molecule has 5 heteroatoms. The van der Waals surface area contributed by atoms with Crippen molar-refractivity contribution in [1.82, 2.24) is 0 Å². The molecule has 4 rings (SSSR count). The van der Waals surface area contributed by atoms with Crippen molar-refractivity contribution < 1.29 is 9.69 Å². The van der Waals surface area contributed by atoms with E-state index in [2.05, 4.69) is 58.9 Å². The van der Waals surface area contributed by atoms with Gasteiger partial charge in [-0.2, -0.15) is 0 Å². The molecular weight excluding hydrogens is 372 g/mol. The molecule has 3 N–H and O–H groups in total. The summed E-state index contributed by atoms with van der Waals surface area (Å²) >= 11 is 0. The molecule has 0 aromatic heterocycles. The second-order valence-electron chi connectivity index (χ2n) is 8.05. The molecule has 1 aliphatic rings.